The van der Waals surface area contributed by atoms with Gasteiger partial charge in [-0.1, -0.05) is 0 Å². The highest BCUT2D eigenvalue weighted by Gasteiger charge is 1.97. The lowest BCUT2D eigenvalue weighted by molar-refractivity contribution is -0.671. The van der Waals surface area contributed by atoms with Gasteiger partial charge in [0.2, 0.25) is 0 Å². The topological polar surface area (TPSA) is 16.8 Å². The van der Waals surface area contributed by atoms with Gasteiger partial charge in [0, 0.05) is 24.5 Å². The van der Waals surface area contributed by atoms with Crippen LogP contribution in [0.5, 0.6) is 0 Å². The Kier molecular flexibility index (Phi) is 3.77. The van der Waals surface area contributed by atoms with Crippen LogP contribution in [-0.2, 0) is 7.05 Å². The summed E-state index contributed by atoms with van der Waals surface area (Å²) in [5.41, 5.74) is 2.43. The molecule has 0 atom stereocenters. The van der Waals surface area contributed by atoms with Crippen molar-refractivity contribution in [1.82, 2.24) is 4.98 Å². The maximum absolute atomic E-state index is 3.98. The molecule has 0 saturated heterocycles. The number of pyridine rings is 2. The minimum Gasteiger partial charge on any atom is -1.00 e. The summed E-state index contributed by atoms with van der Waals surface area (Å²) in [7, 11) is 2.01. The molecule has 72 valence electrons. The van der Waals surface area contributed by atoms with Crippen molar-refractivity contribution in [2.24, 2.45) is 7.05 Å². The smallest absolute Gasteiger partial charge is 0.169 e. The van der Waals surface area contributed by atoms with Gasteiger partial charge in [-0.3, -0.25) is 4.98 Å². The van der Waals surface area contributed by atoms with Crippen LogP contribution in [0.25, 0.3) is 11.1 Å². The largest absolute Gasteiger partial charge is 1.00 e. The molecule has 0 aliphatic carbocycles. The van der Waals surface area contributed by atoms with Crippen LogP contribution in [0.3, 0.4) is 0 Å². The summed E-state index contributed by atoms with van der Waals surface area (Å²) in [6, 6.07) is 8.20. The van der Waals surface area contributed by atoms with Crippen molar-refractivity contribution in [2.45, 2.75) is 0 Å². The van der Waals surface area contributed by atoms with E-state index in [9.17, 15) is 0 Å². The third-order valence-corrected chi connectivity index (χ3v) is 1.99. The van der Waals surface area contributed by atoms with Crippen LogP contribution in [0.15, 0.2) is 49.1 Å². The Labute approximate surface area is 94.0 Å². The zero-order valence-corrected chi connectivity index (χ0v) is 9.48. The Morgan fingerprint density at radius 1 is 0.929 bits per heavy atom. The summed E-state index contributed by atoms with van der Waals surface area (Å²) in [6.07, 6.45) is 7.69. The van der Waals surface area contributed by atoms with E-state index in [4.69, 9.17) is 0 Å². The molecule has 0 N–H and O–H groups in total. The molecule has 2 nitrogen and oxygen atoms in total. The zero-order valence-electron chi connectivity index (χ0n) is 7.89. The molecule has 0 bridgehead atoms. The van der Waals surface area contributed by atoms with Crippen LogP contribution in [-0.4, -0.2) is 4.98 Å². The van der Waals surface area contributed by atoms with E-state index in [1.165, 1.54) is 11.1 Å². The molecule has 2 heterocycles. The molecule has 0 aliphatic rings. The van der Waals surface area contributed by atoms with Gasteiger partial charge in [-0.15, -0.1) is 0 Å². The van der Waals surface area contributed by atoms with Crippen LogP contribution >= 0.6 is 0 Å². The molecule has 0 aliphatic heterocycles. The van der Waals surface area contributed by atoms with Crippen molar-refractivity contribution in [3.8, 4) is 11.1 Å². The molecule has 0 radical (unpaired) electrons. The molecule has 0 amide bonds. The number of rotatable bonds is 1. The second-order valence-corrected chi connectivity index (χ2v) is 2.99. The van der Waals surface area contributed by atoms with E-state index >= 15 is 0 Å². The average Bonchev–Trinajstić information content (AvgIpc) is 2.20. The van der Waals surface area contributed by atoms with Gasteiger partial charge in [0.05, 0.1) is 0 Å². The summed E-state index contributed by atoms with van der Waals surface area (Å²) in [5.74, 6) is 0. The monoisotopic (exact) mass is 250 g/mol. The normalized spacial score (nSPS) is 9.21. The number of hydrogen-bond donors (Lipinski definition) is 0. The maximum atomic E-state index is 3.98. The van der Waals surface area contributed by atoms with Crippen molar-refractivity contribution in [3.63, 3.8) is 0 Å². The van der Waals surface area contributed by atoms with Gasteiger partial charge < -0.3 is 17.0 Å². The van der Waals surface area contributed by atoms with E-state index in [0.29, 0.717) is 0 Å². The molecule has 2 rings (SSSR count). The number of aromatic nitrogens is 2. The lowest BCUT2D eigenvalue weighted by Crippen LogP contribution is -3.00. The van der Waals surface area contributed by atoms with E-state index in [1.807, 2.05) is 48.5 Å². The molecule has 3 heteroatoms. The molecular formula is C11H11BrN2. The number of hydrogen-bond acceptors (Lipinski definition) is 1. The summed E-state index contributed by atoms with van der Waals surface area (Å²) in [4.78, 5) is 3.98. The minimum atomic E-state index is 0. The summed E-state index contributed by atoms with van der Waals surface area (Å²) in [5, 5.41) is 0. The molecular weight excluding hydrogens is 240 g/mol. The Morgan fingerprint density at radius 2 is 1.43 bits per heavy atom. The van der Waals surface area contributed by atoms with Gasteiger partial charge in [0.15, 0.2) is 12.4 Å². The highest BCUT2D eigenvalue weighted by atomic mass is 79.9. The third-order valence-electron chi connectivity index (χ3n) is 1.99. The summed E-state index contributed by atoms with van der Waals surface area (Å²) < 4.78 is 2.02. The van der Waals surface area contributed by atoms with Crippen molar-refractivity contribution >= 4 is 0 Å². The Hall–Kier alpha value is -1.22. The van der Waals surface area contributed by atoms with Crippen molar-refractivity contribution in [3.05, 3.63) is 49.1 Å². The van der Waals surface area contributed by atoms with Gasteiger partial charge in [-0.05, 0) is 23.3 Å². The zero-order chi connectivity index (χ0) is 9.10. The minimum absolute atomic E-state index is 0. The first-order chi connectivity index (χ1) is 6.36. The average molecular weight is 251 g/mol. The standard InChI is InChI=1S/C11H11N2.BrH/c1-13-8-4-11(5-9-13)10-2-6-12-7-3-10;/h2-9H,1H3;1H/q+1;/p-1. The van der Waals surface area contributed by atoms with Crippen LogP contribution in [0.4, 0.5) is 0 Å². The fourth-order valence-electron chi connectivity index (χ4n) is 1.24. The molecule has 0 fully saturated rings. The second-order valence-electron chi connectivity index (χ2n) is 2.99. The Balaban J connectivity index is 0.000000980. The molecule has 2 aromatic rings. The number of nitrogens with zero attached hydrogens (tertiary/aromatic N) is 2. The SMILES string of the molecule is C[n+]1ccc(-c2ccncc2)cc1.[Br-]. The number of aryl methyl sites for hydroxylation is 1. The third kappa shape index (κ3) is 2.39. The predicted octanol–water partition coefficient (Wildman–Crippen LogP) is -1.42. The van der Waals surface area contributed by atoms with Crippen LogP contribution < -0.4 is 21.5 Å². The second kappa shape index (κ2) is 4.86. The Bertz CT molecular complexity index is 384. The lowest BCUT2D eigenvalue weighted by Gasteiger charge is -1.97. The van der Waals surface area contributed by atoms with E-state index in [0.717, 1.165) is 0 Å². The molecule has 2 aromatic heterocycles. The van der Waals surface area contributed by atoms with Gasteiger partial charge in [0.25, 0.3) is 0 Å². The first kappa shape index (κ1) is 10.9. The molecule has 0 spiro atoms. The summed E-state index contributed by atoms with van der Waals surface area (Å²) >= 11 is 0. The fraction of sp³-hybridized carbons (Fsp3) is 0.0909. The first-order valence-corrected chi connectivity index (χ1v) is 4.22. The van der Waals surface area contributed by atoms with Crippen LogP contribution in [0.1, 0.15) is 0 Å². The molecule has 0 unspecified atom stereocenters. The van der Waals surface area contributed by atoms with E-state index in [1.54, 1.807) is 0 Å². The first-order valence-electron chi connectivity index (χ1n) is 4.22. The highest BCUT2D eigenvalue weighted by molar-refractivity contribution is 5.61. The van der Waals surface area contributed by atoms with E-state index < -0.39 is 0 Å². The predicted molar refractivity (Wildman–Crippen MR) is 50.8 cm³/mol. The van der Waals surface area contributed by atoms with Crippen molar-refractivity contribution in [2.75, 3.05) is 0 Å². The lowest BCUT2D eigenvalue weighted by atomic mass is 10.1. The summed E-state index contributed by atoms with van der Waals surface area (Å²) in [6.45, 7) is 0. The van der Waals surface area contributed by atoms with Crippen molar-refractivity contribution in [1.29, 1.82) is 0 Å². The van der Waals surface area contributed by atoms with Crippen LogP contribution in [0.2, 0.25) is 0 Å². The van der Waals surface area contributed by atoms with Crippen LogP contribution in [0, 0.1) is 0 Å². The van der Waals surface area contributed by atoms with E-state index in [2.05, 4.69) is 17.1 Å². The molecule has 14 heavy (non-hydrogen) atoms. The van der Waals surface area contributed by atoms with Gasteiger partial charge in [0.1, 0.15) is 7.05 Å². The van der Waals surface area contributed by atoms with Gasteiger partial charge >= 0.3 is 0 Å². The van der Waals surface area contributed by atoms with Crippen molar-refractivity contribution < 1.29 is 21.5 Å². The van der Waals surface area contributed by atoms with Gasteiger partial charge in [-0.25, -0.2) is 4.57 Å². The number of halogens is 1. The van der Waals surface area contributed by atoms with Gasteiger partial charge in [-0.2, -0.15) is 0 Å². The molecule has 0 aromatic carbocycles. The molecule has 0 saturated carbocycles. The quantitative estimate of drug-likeness (QED) is 0.568. The van der Waals surface area contributed by atoms with E-state index in [-0.39, 0.29) is 17.0 Å². The highest BCUT2D eigenvalue weighted by Crippen LogP contribution is 2.15. The maximum Gasteiger partial charge on any atom is 0.169 e. The fourth-order valence-corrected chi connectivity index (χ4v) is 1.24. The Morgan fingerprint density at radius 3 is 2.00 bits per heavy atom.